The maximum atomic E-state index is 13.4. The van der Waals surface area contributed by atoms with Crippen molar-refractivity contribution in [3.05, 3.63) is 35.4 Å². The van der Waals surface area contributed by atoms with E-state index in [-0.39, 0.29) is 12.2 Å². The normalized spacial score (nSPS) is 13.0. The molecule has 0 fully saturated rings. The van der Waals surface area contributed by atoms with Crippen LogP contribution < -0.4 is 0 Å². The van der Waals surface area contributed by atoms with E-state index in [9.17, 15) is 13.9 Å². The largest absolute Gasteiger partial charge is 0.386 e. The predicted octanol–water partition coefficient (Wildman–Crippen LogP) is 3.45. The summed E-state index contributed by atoms with van der Waals surface area (Å²) in [6.45, 7) is 4.65. The van der Waals surface area contributed by atoms with E-state index in [4.69, 9.17) is 4.74 Å². The Bertz CT molecular complexity index is 365. The third kappa shape index (κ3) is 4.03. The molecule has 1 unspecified atom stereocenters. The first-order valence-corrected chi connectivity index (χ1v) is 6.29. The maximum absolute atomic E-state index is 13.4. The highest BCUT2D eigenvalue weighted by Gasteiger charge is 2.16. The summed E-state index contributed by atoms with van der Waals surface area (Å²) in [5, 5.41) is 9.75. The molecule has 1 N–H and O–H groups in total. The summed E-state index contributed by atoms with van der Waals surface area (Å²) in [7, 11) is 0. The van der Waals surface area contributed by atoms with Gasteiger partial charge in [-0.1, -0.05) is 38.8 Å². The Labute approximate surface area is 107 Å². The molecule has 1 aromatic rings. The van der Waals surface area contributed by atoms with Crippen LogP contribution in [0.3, 0.4) is 0 Å². The summed E-state index contributed by atoms with van der Waals surface area (Å²) in [6, 6.07) is 3.76. The Morgan fingerprint density at radius 3 is 2.44 bits per heavy atom. The number of ether oxygens (including phenoxy) is 1. The molecule has 0 amide bonds. The highest BCUT2D eigenvalue weighted by Crippen LogP contribution is 2.20. The quantitative estimate of drug-likeness (QED) is 0.811. The fourth-order valence-electron chi connectivity index (χ4n) is 1.74. The van der Waals surface area contributed by atoms with Gasteiger partial charge in [0.1, 0.15) is 6.10 Å². The second-order valence-electron chi connectivity index (χ2n) is 4.38. The van der Waals surface area contributed by atoms with Crippen LogP contribution in [0.5, 0.6) is 0 Å². The van der Waals surface area contributed by atoms with Crippen molar-refractivity contribution in [1.82, 2.24) is 0 Å². The van der Waals surface area contributed by atoms with Crippen molar-refractivity contribution in [1.29, 1.82) is 0 Å². The van der Waals surface area contributed by atoms with Gasteiger partial charge >= 0.3 is 0 Å². The summed E-state index contributed by atoms with van der Waals surface area (Å²) in [6.07, 6.45) is 0.872. The predicted molar refractivity (Wildman–Crippen MR) is 66.2 cm³/mol. The van der Waals surface area contributed by atoms with Gasteiger partial charge < -0.3 is 9.84 Å². The van der Waals surface area contributed by atoms with Gasteiger partial charge in [-0.05, 0) is 12.0 Å². The van der Waals surface area contributed by atoms with E-state index in [0.717, 1.165) is 18.9 Å². The first-order chi connectivity index (χ1) is 8.60. The van der Waals surface area contributed by atoms with Crippen molar-refractivity contribution in [3.63, 3.8) is 0 Å². The van der Waals surface area contributed by atoms with Crippen molar-refractivity contribution in [2.75, 3.05) is 13.2 Å². The number of aliphatic hydroxyl groups is 1. The first kappa shape index (κ1) is 15.1. The zero-order valence-electron chi connectivity index (χ0n) is 10.8. The van der Waals surface area contributed by atoms with Crippen molar-refractivity contribution < 1.29 is 18.6 Å². The summed E-state index contributed by atoms with van der Waals surface area (Å²) in [5.74, 6) is -1.52. The van der Waals surface area contributed by atoms with E-state index in [0.29, 0.717) is 12.5 Å². The lowest BCUT2D eigenvalue weighted by molar-refractivity contribution is 0.0174. The van der Waals surface area contributed by atoms with Crippen molar-refractivity contribution in [2.45, 2.75) is 32.8 Å². The lowest BCUT2D eigenvalue weighted by atomic mass is 10.1. The van der Waals surface area contributed by atoms with Crippen LogP contribution in [-0.4, -0.2) is 18.3 Å². The van der Waals surface area contributed by atoms with Gasteiger partial charge in [0.05, 0.1) is 6.61 Å². The zero-order valence-corrected chi connectivity index (χ0v) is 10.8. The van der Waals surface area contributed by atoms with Gasteiger partial charge in [-0.15, -0.1) is 0 Å². The van der Waals surface area contributed by atoms with Crippen LogP contribution in [0.2, 0.25) is 0 Å². The van der Waals surface area contributed by atoms with E-state index in [1.165, 1.54) is 12.1 Å². The lowest BCUT2D eigenvalue weighted by Crippen LogP contribution is -2.14. The Morgan fingerprint density at radius 2 is 1.83 bits per heavy atom. The molecule has 2 nitrogen and oxygen atoms in total. The molecule has 0 bridgehead atoms. The third-order valence-corrected chi connectivity index (χ3v) is 3.12. The molecular formula is C14H20F2O2. The first-order valence-electron chi connectivity index (χ1n) is 6.29. The number of hydrogen-bond donors (Lipinski definition) is 1. The van der Waals surface area contributed by atoms with Crippen LogP contribution in [0.15, 0.2) is 18.2 Å². The topological polar surface area (TPSA) is 29.5 Å². The number of hydrogen-bond acceptors (Lipinski definition) is 2. The monoisotopic (exact) mass is 258 g/mol. The number of benzene rings is 1. The van der Waals surface area contributed by atoms with Gasteiger partial charge in [0.15, 0.2) is 11.6 Å². The Kier molecular flexibility index (Phi) is 6.22. The van der Waals surface area contributed by atoms with Crippen molar-refractivity contribution >= 4 is 0 Å². The molecule has 0 saturated carbocycles. The van der Waals surface area contributed by atoms with Crippen LogP contribution >= 0.6 is 0 Å². The standard InChI is InChI=1S/C14H20F2O2/c1-3-10(4-2)8-18-9-13(17)11-6-5-7-12(15)14(11)16/h5-7,10,13,17H,3-4,8-9H2,1-2H3. The molecule has 0 heterocycles. The fraction of sp³-hybridized carbons (Fsp3) is 0.571. The van der Waals surface area contributed by atoms with Crippen molar-refractivity contribution in [2.24, 2.45) is 5.92 Å². The minimum absolute atomic E-state index is 0.0170. The Hall–Kier alpha value is -1.00. The molecule has 1 rings (SSSR count). The average molecular weight is 258 g/mol. The fourth-order valence-corrected chi connectivity index (χ4v) is 1.74. The molecule has 0 radical (unpaired) electrons. The molecular weight excluding hydrogens is 238 g/mol. The second-order valence-corrected chi connectivity index (χ2v) is 4.38. The molecule has 18 heavy (non-hydrogen) atoms. The number of halogens is 2. The molecule has 0 saturated heterocycles. The van der Waals surface area contributed by atoms with Crippen LogP contribution in [-0.2, 0) is 4.74 Å². The summed E-state index contributed by atoms with van der Waals surface area (Å²) in [4.78, 5) is 0. The molecule has 0 aliphatic heterocycles. The van der Waals surface area contributed by atoms with Crippen molar-refractivity contribution in [3.8, 4) is 0 Å². The second kappa shape index (κ2) is 7.44. The lowest BCUT2D eigenvalue weighted by Gasteiger charge is -2.16. The van der Waals surface area contributed by atoms with Crippen LogP contribution in [0.1, 0.15) is 38.4 Å². The van der Waals surface area contributed by atoms with Gasteiger partial charge in [-0.3, -0.25) is 0 Å². The van der Waals surface area contributed by atoms with E-state index in [1.807, 2.05) is 0 Å². The highest BCUT2D eigenvalue weighted by atomic mass is 19.2. The average Bonchev–Trinajstić information content (AvgIpc) is 2.37. The Balaban J connectivity index is 2.50. The number of aliphatic hydroxyl groups excluding tert-OH is 1. The van der Waals surface area contributed by atoms with Gasteiger partial charge in [0.2, 0.25) is 0 Å². The summed E-state index contributed by atoms with van der Waals surface area (Å²) in [5.41, 5.74) is -0.0560. The third-order valence-electron chi connectivity index (χ3n) is 3.12. The molecule has 0 aliphatic carbocycles. The minimum Gasteiger partial charge on any atom is -0.386 e. The van der Waals surface area contributed by atoms with Crippen LogP contribution in [0.25, 0.3) is 0 Å². The molecule has 0 aliphatic rings. The molecule has 0 aromatic heterocycles. The summed E-state index contributed by atoms with van der Waals surface area (Å²) < 4.78 is 31.7. The Morgan fingerprint density at radius 1 is 1.17 bits per heavy atom. The van der Waals surface area contributed by atoms with E-state index >= 15 is 0 Å². The molecule has 1 atom stereocenters. The highest BCUT2D eigenvalue weighted by molar-refractivity contribution is 5.21. The van der Waals surface area contributed by atoms with E-state index in [1.54, 1.807) is 0 Å². The van der Waals surface area contributed by atoms with Crippen LogP contribution in [0.4, 0.5) is 8.78 Å². The maximum Gasteiger partial charge on any atom is 0.164 e. The smallest absolute Gasteiger partial charge is 0.164 e. The van der Waals surface area contributed by atoms with E-state index < -0.39 is 17.7 Å². The SMILES string of the molecule is CCC(CC)COCC(O)c1cccc(F)c1F. The van der Waals surface area contributed by atoms with Gasteiger partial charge in [-0.2, -0.15) is 0 Å². The molecule has 4 heteroatoms. The van der Waals surface area contributed by atoms with Gasteiger partial charge in [-0.25, -0.2) is 8.78 Å². The van der Waals surface area contributed by atoms with Gasteiger partial charge in [0, 0.05) is 12.2 Å². The summed E-state index contributed by atoms with van der Waals surface area (Å²) >= 11 is 0. The molecule has 102 valence electrons. The molecule has 0 spiro atoms. The van der Waals surface area contributed by atoms with Gasteiger partial charge in [0.25, 0.3) is 0 Å². The number of rotatable bonds is 7. The minimum atomic E-state index is -1.13. The zero-order chi connectivity index (χ0) is 13.5. The van der Waals surface area contributed by atoms with Crippen LogP contribution in [0, 0.1) is 17.6 Å². The molecule has 1 aromatic carbocycles. The van der Waals surface area contributed by atoms with E-state index in [2.05, 4.69) is 13.8 Å².